The number of nitrogens with zero attached hydrogens (tertiary/aromatic N) is 3. The highest BCUT2D eigenvalue weighted by Crippen LogP contribution is 2.20. The lowest BCUT2D eigenvalue weighted by Gasteiger charge is -2.19. The summed E-state index contributed by atoms with van der Waals surface area (Å²) in [4.78, 5) is 22.0. The van der Waals surface area contributed by atoms with Gasteiger partial charge in [-0.25, -0.2) is 9.97 Å². The van der Waals surface area contributed by atoms with E-state index in [1.165, 1.54) is 11.8 Å². The number of hydrogen-bond acceptors (Lipinski definition) is 6. The SMILES string of the molecule is Nc1nccnc1SCC(=O)N1CCCNCC1. The van der Waals surface area contributed by atoms with Gasteiger partial charge in [0.2, 0.25) is 5.91 Å². The molecular formula is C11H17N5OS. The maximum Gasteiger partial charge on any atom is 0.233 e. The Kier molecular flexibility index (Phi) is 4.77. The molecule has 2 rings (SSSR count). The number of anilines is 1. The van der Waals surface area contributed by atoms with Gasteiger partial charge in [0.1, 0.15) is 5.03 Å². The molecule has 0 atom stereocenters. The van der Waals surface area contributed by atoms with Crippen molar-refractivity contribution in [2.45, 2.75) is 11.4 Å². The van der Waals surface area contributed by atoms with Gasteiger partial charge in [-0.1, -0.05) is 11.8 Å². The fourth-order valence-electron chi connectivity index (χ4n) is 1.76. The van der Waals surface area contributed by atoms with E-state index in [2.05, 4.69) is 15.3 Å². The van der Waals surface area contributed by atoms with Crippen LogP contribution in [0.2, 0.25) is 0 Å². The van der Waals surface area contributed by atoms with Crippen molar-refractivity contribution in [1.82, 2.24) is 20.2 Å². The molecule has 6 nitrogen and oxygen atoms in total. The molecular weight excluding hydrogens is 250 g/mol. The predicted octanol–water partition coefficient (Wildman–Crippen LogP) is -0.0272. The average molecular weight is 267 g/mol. The van der Waals surface area contributed by atoms with E-state index in [9.17, 15) is 4.79 Å². The standard InChI is InChI=1S/C11H17N5OS/c12-10-11(15-4-3-14-10)18-8-9(17)16-6-1-2-13-5-7-16/h3-4,13H,1-2,5-8H2,(H2,12,14). The molecule has 0 saturated carbocycles. The van der Waals surface area contributed by atoms with Crippen LogP contribution in [0.1, 0.15) is 6.42 Å². The molecule has 0 spiro atoms. The number of nitrogens with one attached hydrogen (secondary N) is 1. The summed E-state index contributed by atoms with van der Waals surface area (Å²) in [5.41, 5.74) is 5.68. The molecule has 7 heteroatoms. The number of aromatic nitrogens is 2. The zero-order valence-corrected chi connectivity index (χ0v) is 10.9. The van der Waals surface area contributed by atoms with Crippen molar-refractivity contribution in [2.24, 2.45) is 0 Å². The van der Waals surface area contributed by atoms with Gasteiger partial charge in [0.15, 0.2) is 5.82 Å². The minimum atomic E-state index is 0.133. The third-order valence-electron chi connectivity index (χ3n) is 2.72. The average Bonchev–Trinajstić information content (AvgIpc) is 2.66. The number of hydrogen-bond donors (Lipinski definition) is 2. The third-order valence-corrected chi connectivity index (χ3v) is 3.70. The molecule has 1 aromatic heterocycles. The van der Waals surface area contributed by atoms with E-state index in [1.807, 2.05) is 4.90 Å². The molecule has 1 aliphatic heterocycles. The lowest BCUT2D eigenvalue weighted by molar-refractivity contribution is -0.128. The van der Waals surface area contributed by atoms with Crippen LogP contribution in [0.5, 0.6) is 0 Å². The van der Waals surface area contributed by atoms with Crippen molar-refractivity contribution in [3.8, 4) is 0 Å². The maximum absolute atomic E-state index is 12.0. The van der Waals surface area contributed by atoms with E-state index < -0.39 is 0 Å². The van der Waals surface area contributed by atoms with Crippen LogP contribution in [0, 0.1) is 0 Å². The Morgan fingerprint density at radius 3 is 3.06 bits per heavy atom. The van der Waals surface area contributed by atoms with Gasteiger partial charge in [-0.15, -0.1) is 0 Å². The molecule has 1 aliphatic rings. The highest BCUT2D eigenvalue weighted by Gasteiger charge is 2.16. The van der Waals surface area contributed by atoms with Crippen LogP contribution in [-0.4, -0.2) is 52.7 Å². The Balaban J connectivity index is 1.86. The smallest absolute Gasteiger partial charge is 0.233 e. The second-order valence-electron chi connectivity index (χ2n) is 4.02. The lowest BCUT2D eigenvalue weighted by Crippen LogP contribution is -2.35. The first-order valence-electron chi connectivity index (χ1n) is 5.95. The third kappa shape index (κ3) is 3.58. The van der Waals surface area contributed by atoms with E-state index in [1.54, 1.807) is 12.4 Å². The summed E-state index contributed by atoms with van der Waals surface area (Å²) in [5.74, 6) is 0.879. The molecule has 0 aliphatic carbocycles. The number of amides is 1. The Labute approximate surface area is 110 Å². The van der Waals surface area contributed by atoms with E-state index in [4.69, 9.17) is 5.73 Å². The highest BCUT2D eigenvalue weighted by atomic mass is 32.2. The van der Waals surface area contributed by atoms with Crippen LogP contribution in [0.4, 0.5) is 5.82 Å². The van der Waals surface area contributed by atoms with Crippen LogP contribution in [0.25, 0.3) is 0 Å². The van der Waals surface area contributed by atoms with Crippen LogP contribution < -0.4 is 11.1 Å². The Bertz CT molecular complexity index is 406. The van der Waals surface area contributed by atoms with Crippen molar-refractivity contribution < 1.29 is 4.79 Å². The maximum atomic E-state index is 12.0. The fraction of sp³-hybridized carbons (Fsp3) is 0.545. The second kappa shape index (κ2) is 6.55. The van der Waals surface area contributed by atoms with Crippen molar-refractivity contribution in [3.05, 3.63) is 12.4 Å². The van der Waals surface area contributed by atoms with E-state index in [-0.39, 0.29) is 5.91 Å². The number of nitrogen functional groups attached to an aromatic ring is 1. The Hall–Kier alpha value is -1.34. The molecule has 1 fully saturated rings. The zero-order valence-electron chi connectivity index (χ0n) is 10.1. The number of thioether (sulfide) groups is 1. The fourth-order valence-corrected chi connectivity index (χ4v) is 2.54. The zero-order chi connectivity index (χ0) is 12.8. The summed E-state index contributed by atoms with van der Waals surface area (Å²) in [5, 5.41) is 3.90. The molecule has 0 unspecified atom stereocenters. The first-order valence-corrected chi connectivity index (χ1v) is 6.93. The van der Waals surface area contributed by atoms with Crippen molar-refractivity contribution in [3.63, 3.8) is 0 Å². The molecule has 0 bridgehead atoms. The van der Waals surface area contributed by atoms with Crippen LogP contribution >= 0.6 is 11.8 Å². The highest BCUT2D eigenvalue weighted by molar-refractivity contribution is 8.00. The molecule has 1 aromatic rings. The van der Waals surface area contributed by atoms with Gasteiger partial charge in [0, 0.05) is 32.0 Å². The Morgan fingerprint density at radius 2 is 2.22 bits per heavy atom. The summed E-state index contributed by atoms with van der Waals surface area (Å²) in [6, 6.07) is 0. The second-order valence-corrected chi connectivity index (χ2v) is 4.98. The van der Waals surface area contributed by atoms with Crippen molar-refractivity contribution in [1.29, 1.82) is 0 Å². The summed E-state index contributed by atoms with van der Waals surface area (Å²) in [6.07, 6.45) is 4.13. The Morgan fingerprint density at radius 1 is 1.39 bits per heavy atom. The molecule has 0 aromatic carbocycles. The predicted molar refractivity (Wildman–Crippen MR) is 71.2 cm³/mol. The molecule has 0 radical (unpaired) electrons. The van der Waals surface area contributed by atoms with Gasteiger partial charge in [-0.2, -0.15) is 0 Å². The van der Waals surface area contributed by atoms with Gasteiger partial charge in [0.05, 0.1) is 5.75 Å². The minimum Gasteiger partial charge on any atom is -0.381 e. The van der Waals surface area contributed by atoms with E-state index in [0.717, 1.165) is 32.6 Å². The quantitative estimate of drug-likeness (QED) is 0.748. The number of rotatable bonds is 3. The molecule has 18 heavy (non-hydrogen) atoms. The molecule has 2 heterocycles. The first-order chi connectivity index (χ1) is 8.77. The van der Waals surface area contributed by atoms with E-state index >= 15 is 0 Å². The molecule has 1 amide bonds. The molecule has 3 N–H and O–H groups in total. The van der Waals surface area contributed by atoms with Gasteiger partial charge in [0.25, 0.3) is 0 Å². The summed E-state index contributed by atoms with van der Waals surface area (Å²) in [6.45, 7) is 3.44. The molecule has 1 saturated heterocycles. The van der Waals surface area contributed by atoms with Crippen LogP contribution in [0.3, 0.4) is 0 Å². The topological polar surface area (TPSA) is 84.1 Å². The largest absolute Gasteiger partial charge is 0.381 e. The van der Waals surface area contributed by atoms with Gasteiger partial charge in [-0.3, -0.25) is 4.79 Å². The van der Waals surface area contributed by atoms with Gasteiger partial charge < -0.3 is 16.0 Å². The summed E-state index contributed by atoms with van der Waals surface area (Å²) >= 11 is 1.35. The van der Waals surface area contributed by atoms with Gasteiger partial charge in [-0.05, 0) is 13.0 Å². The van der Waals surface area contributed by atoms with Gasteiger partial charge >= 0.3 is 0 Å². The minimum absolute atomic E-state index is 0.133. The number of carbonyl (C=O) groups is 1. The summed E-state index contributed by atoms with van der Waals surface area (Å²) < 4.78 is 0. The molecule has 98 valence electrons. The number of nitrogens with two attached hydrogens (primary N) is 1. The van der Waals surface area contributed by atoms with Crippen molar-refractivity contribution in [2.75, 3.05) is 37.7 Å². The lowest BCUT2D eigenvalue weighted by atomic mass is 10.4. The number of carbonyl (C=O) groups excluding carboxylic acids is 1. The monoisotopic (exact) mass is 267 g/mol. The van der Waals surface area contributed by atoms with Crippen LogP contribution in [-0.2, 0) is 4.79 Å². The van der Waals surface area contributed by atoms with E-state index in [0.29, 0.717) is 16.6 Å². The normalized spacial score (nSPS) is 16.3. The van der Waals surface area contributed by atoms with Crippen LogP contribution in [0.15, 0.2) is 17.4 Å². The van der Waals surface area contributed by atoms with Crippen molar-refractivity contribution >= 4 is 23.5 Å². The first kappa shape index (κ1) is 13.1. The summed E-state index contributed by atoms with van der Waals surface area (Å²) in [7, 11) is 0.